The largest absolute Gasteiger partial charge is 0.338 e. The SMILES string of the molecule is Cc1cc(-n2cc(Cl)cn2)cc(C)c1C1C(=O)CC(CCNC(=O)NC(C)(C)C)C1=O. The molecule has 1 aromatic carbocycles. The zero-order valence-electron chi connectivity index (χ0n) is 18.6. The fraction of sp³-hybridized carbons (Fsp3) is 0.478. The molecule has 1 aromatic heterocycles. The second-order valence-corrected chi connectivity index (χ2v) is 9.66. The molecule has 0 aliphatic heterocycles. The van der Waals surface area contributed by atoms with Gasteiger partial charge in [0.25, 0.3) is 0 Å². The fourth-order valence-electron chi connectivity index (χ4n) is 4.13. The molecule has 0 bridgehead atoms. The maximum atomic E-state index is 13.1. The third kappa shape index (κ3) is 5.34. The first-order valence-electron chi connectivity index (χ1n) is 10.4. The second-order valence-electron chi connectivity index (χ2n) is 9.22. The van der Waals surface area contributed by atoms with E-state index in [9.17, 15) is 14.4 Å². The van der Waals surface area contributed by atoms with Gasteiger partial charge in [0.05, 0.1) is 16.9 Å². The molecule has 2 amide bonds. The van der Waals surface area contributed by atoms with Crippen LogP contribution in [0.4, 0.5) is 4.79 Å². The lowest BCUT2D eigenvalue weighted by Crippen LogP contribution is -2.46. The highest BCUT2D eigenvalue weighted by Crippen LogP contribution is 2.37. The molecule has 2 N–H and O–H groups in total. The van der Waals surface area contributed by atoms with Gasteiger partial charge in [-0.2, -0.15) is 5.10 Å². The van der Waals surface area contributed by atoms with Crippen LogP contribution >= 0.6 is 11.6 Å². The topological polar surface area (TPSA) is 93.1 Å². The predicted molar refractivity (Wildman–Crippen MR) is 120 cm³/mol. The number of aryl methyl sites for hydroxylation is 2. The van der Waals surface area contributed by atoms with Crippen LogP contribution in [0.25, 0.3) is 5.69 Å². The van der Waals surface area contributed by atoms with Crippen molar-refractivity contribution in [1.29, 1.82) is 0 Å². The maximum absolute atomic E-state index is 13.1. The molecule has 3 rings (SSSR count). The van der Waals surface area contributed by atoms with E-state index in [0.717, 1.165) is 22.4 Å². The summed E-state index contributed by atoms with van der Waals surface area (Å²) in [6.45, 7) is 9.84. The molecular formula is C23H29ClN4O3. The van der Waals surface area contributed by atoms with Crippen LogP contribution in [0.2, 0.25) is 5.02 Å². The molecule has 0 saturated heterocycles. The maximum Gasteiger partial charge on any atom is 0.315 e. The van der Waals surface area contributed by atoms with Gasteiger partial charge in [-0.1, -0.05) is 11.6 Å². The molecule has 166 valence electrons. The van der Waals surface area contributed by atoms with Crippen molar-refractivity contribution in [3.05, 3.63) is 46.2 Å². The highest BCUT2D eigenvalue weighted by atomic mass is 35.5. The van der Waals surface area contributed by atoms with Crippen molar-refractivity contribution in [1.82, 2.24) is 20.4 Å². The van der Waals surface area contributed by atoms with E-state index in [4.69, 9.17) is 11.6 Å². The van der Waals surface area contributed by atoms with Crippen LogP contribution in [0.3, 0.4) is 0 Å². The number of amides is 2. The monoisotopic (exact) mass is 444 g/mol. The predicted octanol–water partition coefficient (Wildman–Crippen LogP) is 3.87. The van der Waals surface area contributed by atoms with Gasteiger partial charge in [0.15, 0.2) is 5.78 Å². The number of nitrogens with zero attached hydrogens (tertiary/aromatic N) is 2. The summed E-state index contributed by atoms with van der Waals surface area (Å²) in [6, 6.07) is 3.55. The number of aromatic nitrogens is 2. The quantitative estimate of drug-likeness (QED) is 0.684. The first-order valence-corrected chi connectivity index (χ1v) is 10.8. The van der Waals surface area contributed by atoms with Crippen LogP contribution in [0.15, 0.2) is 24.5 Å². The Labute approximate surface area is 187 Å². The summed E-state index contributed by atoms with van der Waals surface area (Å²) >= 11 is 5.97. The lowest BCUT2D eigenvalue weighted by molar-refractivity contribution is -0.124. The number of hydrogen-bond donors (Lipinski definition) is 2. The standard InChI is InChI=1S/C23H29ClN4O3/c1-13-8-17(28-12-16(24)11-26-28)9-14(2)19(13)20-18(29)10-15(21(20)30)6-7-25-22(31)27-23(3,4)5/h8-9,11-12,15,20H,6-7,10H2,1-5H3,(H2,25,27,31). The molecular weight excluding hydrogens is 416 g/mol. The van der Waals surface area contributed by atoms with Crippen molar-refractivity contribution in [2.75, 3.05) is 6.54 Å². The Morgan fingerprint density at radius 3 is 2.42 bits per heavy atom. The number of halogens is 1. The summed E-state index contributed by atoms with van der Waals surface area (Å²) in [7, 11) is 0. The van der Waals surface area contributed by atoms with Gasteiger partial charge in [-0.05, 0) is 69.9 Å². The summed E-state index contributed by atoms with van der Waals surface area (Å²) in [4.78, 5) is 37.8. The number of Topliss-reactive ketones (excluding diaryl/α,β-unsaturated/α-hetero) is 2. The van der Waals surface area contributed by atoms with E-state index >= 15 is 0 Å². The molecule has 1 saturated carbocycles. The number of nitrogens with one attached hydrogen (secondary N) is 2. The molecule has 2 atom stereocenters. The first-order chi connectivity index (χ1) is 14.5. The van der Waals surface area contributed by atoms with Crippen LogP contribution in [0.5, 0.6) is 0 Å². The highest BCUT2D eigenvalue weighted by Gasteiger charge is 2.42. The number of hydrogen-bond acceptors (Lipinski definition) is 4. The van der Waals surface area contributed by atoms with Crippen LogP contribution in [0, 0.1) is 19.8 Å². The van der Waals surface area contributed by atoms with Crippen molar-refractivity contribution >= 4 is 29.2 Å². The Morgan fingerprint density at radius 1 is 1.23 bits per heavy atom. The van der Waals surface area contributed by atoms with Crippen LogP contribution in [-0.2, 0) is 9.59 Å². The zero-order valence-corrected chi connectivity index (χ0v) is 19.3. The minimum atomic E-state index is -0.747. The van der Waals surface area contributed by atoms with E-state index in [1.54, 1.807) is 17.1 Å². The average molecular weight is 445 g/mol. The summed E-state index contributed by atoms with van der Waals surface area (Å²) in [5.41, 5.74) is 3.01. The molecule has 8 heteroatoms. The Bertz CT molecular complexity index is 999. The lowest BCUT2D eigenvalue weighted by Gasteiger charge is -2.21. The van der Waals surface area contributed by atoms with Crippen molar-refractivity contribution in [2.45, 2.75) is 58.9 Å². The minimum Gasteiger partial charge on any atom is -0.338 e. The van der Waals surface area contributed by atoms with Crippen LogP contribution < -0.4 is 10.6 Å². The Balaban J connectivity index is 1.71. The Kier molecular flexibility index (Phi) is 6.55. The van der Waals surface area contributed by atoms with Gasteiger partial charge >= 0.3 is 6.03 Å². The van der Waals surface area contributed by atoms with Crippen molar-refractivity contribution in [3.8, 4) is 5.69 Å². The number of ketones is 2. The molecule has 31 heavy (non-hydrogen) atoms. The van der Waals surface area contributed by atoms with E-state index in [-0.39, 0.29) is 35.5 Å². The molecule has 7 nitrogen and oxygen atoms in total. The van der Waals surface area contributed by atoms with Gasteiger partial charge in [-0.25, -0.2) is 9.48 Å². The van der Waals surface area contributed by atoms with Crippen molar-refractivity contribution in [2.24, 2.45) is 5.92 Å². The fourth-order valence-corrected chi connectivity index (χ4v) is 4.27. The molecule has 0 radical (unpaired) electrons. The Hall–Kier alpha value is -2.67. The van der Waals surface area contributed by atoms with E-state index < -0.39 is 5.92 Å². The number of urea groups is 1. The average Bonchev–Trinajstić information content (AvgIpc) is 3.18. The summed E-state index contributed by atoms with van der Waals surface area (Å²) in [5.74, 6) is -1.25. The van der Waals surface area contributed by atoms with E-state index in [0.29, 0.717) is 18.0 Å². The Morgan fingerprint density at radius 2 is 1.87 bits per heavy atom. The molecule has 2 unspecified atom stereocenters. The summed E-state index contributed by atoms with van der Waals surface area (Å²) < 4.78 is 1.67. The number of benzene rings is 1. The molecule has 0 spiro atoms. The van der Waals surface area contributed by atoms with Crippen LogP contribution in [0.1, 0.15) is 56.2 Å². The molecule has 1 fully saturated rings. The molecule has 1 aliphatic rings. The summed E-state index contributed by atoms with van der Waals surface area (Å²) in [5, 5.41) is 10.3. The van der Waals surface area contributed by atoms with E-state index in [1.165, 1.54) is 0 Å². The van der Waals surface area contributed by atoms with Gasteiger partial charge in [0.2, 0.25) is 0 Å². The molecule has 1 heterocycles. The highest BCUT2D eigenvalue weighted by molar-refractivity contribution is 6.30. The van der Waals surface area contributed by atoms with E-state index in [2.05, 4.69) is 15.7 Å². The lowest BCUT2D eigenvalue weighted by atomic mass is 9.87. The van der Waals surface area contributed by atoms with E-state index in [1.807, 2.05) is 46.8 Å². The van der Waals surface area contributed by atoms with Gasteiger partial charge in [0, 0.05) is 30.6 Å². The van der Waals surface area contributed by atoms with Gasteiger partial charge in [-0.15, -0.1) is 0 Å². The second kappa shape index (κ2) is 8.83. The summed E-state index contributed by atoms with van der Waals surface area (Å²) in [6.07, 6.45) is 3.92. The molecule has 2 aromatic rings. The number of carbonyl (C=O) groups is 3. The van der Waals surface area contributed by atoms with Gasteiger partial charge in [0.1, 0.15) is 11.7 Å². The van der Waals surface area contributed by atoms with Crippen molar-refractivity contribution < 1.29 is 14.4 Å². The normalized spacial score (nSPS) is 19.0. The van der Waals surface area contributed by atoms with Crippen molar-refractivity contribution in [3.63, 3.8) is 0 Å². The number of rotatable bonds is 5. The zero-order chi connectivity index (χ0) is 22.9. The van der Waals surface area contributed by atoms with Gasteiger partial charge < -0.3 is 10.6 Å². The smallest absolute Gasteiger partial charge is 0.315 e. The third-order valence-corrected chi connectivity index (χ3v) is 5.60. The number of carbonyl (C=O) groups excluding carboxylic acids is 3. The van der Waals surface area contributed by atoms with Crippen LogP contribution in [-0.4, -0.2) is 39.5 Å². The minimum absolute atomic E-state index is 0.0600. The molecule has 1 aliphatic carbocycles. The third-order valence-electron chi connectivity index (χ3n) is 5.41. The first kappa shape index (κ1) is 23.0. The van der Waals surface area contributed by atoms with Gasteiger partial charge in [-0.3, -0.25) is 9.59 Å².